The topological polar surface area (TPSA) is 105 Å². The maximum absolute atomic E-state index is 13.8. The van der Waals surface area contributed by atoms with Crippen molar-refractivity contribution in [1.82, 2.24) is 10.2 Å². The van der Waals surface area contributed by atoms with Crippen LogP contribution in [0.25, 0.3) is 0 Å². The van der Waals surface area contributed by atoms with Gasteiger partial charge >= 0.3 is 0 Å². The van der Waals surface area contributed by atoms with E-state index in [9.17, 15) is 18.0 Å². The molecule has 9 nitrogen and oxygen atoms in total. The van der Waals surface area contributed by atoms with Crippen LogP contribution in [0.5, 0.6) is 11.5 Å². The first-order chi connectivity index (χ1) is 18.2. The highest BCUT2D eigenvalue weighted by Gasteiger charge is 2.32. The van der Waals surface area contributed by atoms with Crippen molar-refractivity contribution in [3.63, 3.8) is 0 Å². The molecule has 1 atom stereocenters. The monoisotopic (exact) mass is 563 g/mol. The third kappa shape index (κ3) is 6.71. The van der Waals surface area contributed by atoms with Gasteiger partial charge in [0.1, 0.15) is 25.8 Å². The molecular weight excluding hydrogens is 530 g/mol. The van der Waals surface area contributed by atoms with E-state index in [0.717, 1.165) is 35.6 Å². The van der Waals surface area contributed by atoms with E-state index in [0.29, 0.717) is 29.7 Å². The van der Waals surface area contributed by atoms with Gasteiger partial charge in [0.25, 0.3) is 0 Å². The molecule has 1 saturated carbocycles. The van der Waals surface area contributed by atoms with Crippen LogP contribution in [0.15, 0.2) is 42.5 Å². The molecule has 1 aliphatic heterocycles. The first-order valence-electron chi connectivity index (χ1n) is 12.9. The predicted molar refractivity (Wildman–Crippen MR) is 146 cm³/mol. The molecule has 0 aromatic heterocycles. The van der Waals surface area contributed by atoms with E-state index >= 15 is 0 Å². The molecule has 1 N–H and O–H groups in total. The predicted octanol–water partition coefficient (Wildman–Crippen LogP) is 3.74. The number of anilines is 1. The number of rotatable bonds is 10. The summed E-state index contributed by atoms with van der Waals surface area (Å²) in [4.78, 5) is 28.4. The summed E-state index contributed by atoms with van der Waals surface area (Å²) in [7, 11) is -3.84. The number of ether oxygens (including phenoxy) is 2. The van der Waals surface area contributed by atoms with Crippen molar-refractivity contribution in [3.8, 4) is 11.5 Å². The number of sulfonamides is 1. The van der Waals surface area contributed by atoms with E-state index in [1.54, 1.807) is 43.3 Å². The van der Waals surface area contributed by atoms with Crippen LogP contribution in [0, 0.1) is 0 Å². The van der Waals surface area contributed by atoms with Crippen LogP contribution in [0.4, 0.5) is 5.69 Å². The lowest BCUT2D eigenvalue weighted by molar-refractivity contribution is -0.139. The van der Waals surface area contributed by atoms with E-state index in [-0.39, 0.29) is 29.9 Å². The highest BCUT2D eigenvalue weighted by molar-refractivity contribution is 7.92. The number of carbonyl (C=O) groups is 2. The molecule has 1 fully saturated rings. The Balaban J connectivity index is 1.62. The summed E-state index contributed by atoms with van der Waals surface area (Å²) in [5.41, 5.74) is 1.02. The molecule has 0 radical (unpaired) electrons. The summed E-state index contributed by atoms with van der Waals surface area (Å²) in [5, 5.41) is 3.55. The van der Waals surface area contributed by atoms with E-state index < -0.39 is 28.5 Å². The molecule has 2 aromatic carbocycles. The summed E-state index contributed by atoms with van der Waals surface area (Å²) in [6, 6.07) is 11.1. The van der Waals surface area contributed by atoms with Crippen molar-refractivity contribution >= 4 is 39.1 Å². The zero-order valence-corrected chi connectivity index (χ0v) is 23.3. The van der Waals surface area contributed by atoms with Gasteiger partial charge in [-0.05, 0) is 56.5 Å². The fraction of sp³-hybridized carbons (Fsp3) is 0.481. The van der Waals surface area contributed by atoms with Crippen molar-refractivity contribution in [3.05, 3.63) is 53.1 Å². The SMILES string of the molecule is CCS(=O)(=O)N(CC(=O)N(Cc1cccc(Cl)c1)[C@@H](C)C(=O)NC1CCCC1)c1ccc2c(c1)OCCO2. The van der Waals surface area contributed by atoms with Crippen LogP contribution >= 0.6 is 11.6 Å². The Hall–Kier alpha value is -2.98. The Morgan fingerprint density at radius 1 is 1.08 bits per heavy atom. The number of hydrogen-bond donors (Lipinski definition) is 1. The number of carbonyl (C=O) groups excluding carboxylic acids is 2. The number of nitrogens with zero attached hydrogens (tertiary/aromatic N) is 2. The van der Waals surface area contributed by atoms with Crippen LogP contribution in [-0.2, 0) is 26.2 Å². The molecular formula is C27H34ClN3O6S. The van der Waals surface area contributed by atoms with Gasteiger partial charge in [-0.15, -0.1) is 0 Å². The van der Waals surface area contributed by atoms with Crippen LogP contribution in [-0.4, -0.2) is 62.7 Å². The average Bonchev–Trinajstić information content (AvgIpc) is 3.42. The van der Waals surface area contributed by atoms with E-state index in [1.165, 1.54) is 11.8 Å². The largest absolute Gasteiger partial charge is 0.486 e. The minimum atomic E-state index is -3.84. The van der Waals surface area contributed by atoms with Crippen molar-refractivity contribution in [2.24, 2.45) is 0 Å². The van der Waals surface area contributed by atoms with E-state index in [4.69, 9.17) is 21.1 Å². The minimum absolute atomic E-state index is 0.0859. The molecule has 2 aromatic rings. The summed E-state index contributed by atoms with van der Waals surface area (Å²) >= 11 is 6.17. The Morgan fingerprint density at radius 2 is 1.79 bits per heavy atom. The number of benzene rings is 2. The second kappa shape index (κ2) is 12.3. The summed E-state index contributed by atoms with van der Waals surface area (Å²) in [5.74, 6) is -0.0548. The highest BCUT2D eigenvalue weighted by atomic mass is 35.5. The lowest BCUT2D eigenvalue weighted by Gasteiger charge is -2.32. The zero-order chi connectivity index (χ0) is 27.3. The quantitative estimate of drug-likeness (QED) is 0.472. The third-order valence-electron chi connectivity index (χ3n) is 6.90. The normalized spacial score (nSPS) is 16.1. The second-order valence-corrected chi connectivity index (χ2v) is 12.2. The van der Waals surface area contributed by atoms with Crippen molar-refractivity contribution in [2.45, 2.75) is 58.2 Å². The van der Waals surface area contributed by atoms with Gasteiger partial charge in [0.15, 0.2) is 11.5 Å². The smallest absolute Gasteiger partial charge is 0.244 e. The van der Waals surface area contributed by atoms with Gasteiger partial charge in [-0.3, -0.25) is 13.9 Å². The van der Waals surface area contributed by atoms with Gasteiger partial charge in [-0.2, -0.15) is 0 Å². The van der Waals surface area contributed by atoms with E-state index in [1.807, 2.05) is 6.07 Å². The first-order valence-corrected chi connectivity index (χ1v) is 14.9. The fourth-order valence-electron chi connectivity index (χ4n) is 4.71. The zero-order valence-electron chi connectivity index (χ0n) is 21.7. The van der Waals surface area contributed by atoms with Crippen LogP contribution in [0.1, 0.15) is 45.1 Å². The Morgan fingerprint density at radius 3 is 2.47 bits per heavy atom. The Bertz CT molecular complexity index is 1270. The van der Waals surface area contributed by atoms with Crippen LogP contribution in [0.3, 0.4) is 0 Å². The molecule has 0 saturated heterocycles. The van der Waals surface area contributed by atoms with Gasteiger partial charge in [0, 0.05) is 23.7 Å². The van der Waals surface area contributed by atoms with Crippen LogP contribution in [0.2, 0.25) is 5.02 Å². The number of halogens is 1. The number of fused-ring (bicyclic) bond motifs is 1. The van der Waals surface area contributed by atoms with Gasteiger partial charge in [0.2, 0.25) is 21.8 Å². The maximum Gasteiger partial charge on any atom is 0.244 e. The lowest BCUT2D eigenvalue weighted by atomic mass is 10.1. The molecule has 1 heterocycles. The second-order valence-electron chi connectivity index (χ2n) is 9.55. The first kappa shape index (κ1) is 28.0. The van der Waals surface area contributed by atoms with Gasteiger partial charge in [-0.1, -0.05) is 36.6 Å². The maximum atomic E-state index is 13.8. The summed E-state index contributed by atoms with van der Waals surface area (Å²) in [6.07, 6.45) is 3.94. The molecule has 11 heteroatoms. The van der Waals surface area contributed by atoms with Crippen molar-refractivity contribution in [2.75, 3.05) is 29.8 Å². The molecule has 2 aliphatic rings. The molecule has 0 bridgehead atoms. The molecule has 206 valence electrons. The number of nitrogens with one attached hydrogen (secondary N) is 1. The van der Waals surface area contributed by atoms with Gasteiger partial charge in [0.05, 0.1) is 11.4 Å². The highest BCUT2D eigenvalue weighted by Crippen LogP contribution is 2.35. The number of amides is 2. The summed E-state index contributed by atoms with van der Waals surface area (Å²) in [6.45, 7) is 3.55. The minimum Gasteiger partial charge on any atom is -0.486 e. The Kier molecular flexibility index (Phi) is 9.04. The van der Waals surface area contributed by atoms with Crippen LogP contribution < -0.4 is 19.1 Å². The molecule has 0 unspecified atom stereocenters. The molecule has 4 rings (SSSR count). The third-order valence-corrected chi connectivity index (χ3v) is 8.88. The standard InChI is InChI=1S/C27H34ClN3O6S/c1-3-38(34,35)31(23-11-12-24-25(16-23)37-14-13-36-24)18-26(32)30(17-20-7-6-8-21(28)15-20)19(2)27(33)29-22-9-4-5-10-22/h6-8,11-12,15-16,19,22H,3-5,9-10,13-14,17-18H2,1-2H3,(H,29,33)/t19-/m0/s1. The molecule has 38 heavy (non-hydrogen) atoms. The van der Waals surface area contributed by atoms with Gasteiger partial charge < -0.3 is 19.7 Å². The Labute approximate surface area is 229 Å². The fourth-order valence-corrected chi connectivity index (χ4v) is 5.98. The molecule has 1 aliphatic carbocycles. The van der Waals surface area contributed by atoms with E-state index in [2.05, 4.69) is 5.32 Å². The lowest BCUT2D eigenvalue weighted by Crippen LogP contribution is -2.52. The molecule has 0 spiro atoms. The van der Waals surface area contributed by atoms with Gasteiger partial charge in [-0.25, -0.2) is 8.42 Å². The summed E-state index contributed by atoms with van der Waals surface area (Å²) < 4.78 is 38.6. The number of hydrogen-bond acceptors (Lipinski definition) is 6. The molecule has 2 amide bonds. The van der Waals surface area contributed by atoms with Crippen molar-refractivity contribution < 1.29 is 27.5 Å². The van der Waals surface area contributed by atoms with Crippen molar-refractivity contribution in [1.29, 1.82) is 0 Å². The average molecular weight is 564 g/mol.